The topological polar surface area (TPSA) is 107 Å². The Bertz CT molecular complexity index is 1750. The van der Waals surface area contributed by atoms with E-state index in [1.165, 1.54) is 6.07 Å². The number of rotatable bonds is 12. The van der Waals surface area contributed by atoms with Gasteiger partial charge in [0.2, 0.25) is 5.85 Å². The lowest BCUT2D eigenvalue weighted by atomic mass is 9.87. The van der Waals surface area contributed by atoms with Gasteiger partial charge in [-0.3, -0.25) is 29.1 Å². The third-order valence-electron chi connectivity index (χ3n) is 11.0. The number of aryl methyl sites for hydroxylation is 1. The molecule has 6 rings (SSSR count). The largest absolute Gasteiger partial charge is 0.481 e. The number of carbonyl (C=O) groups excluding carboxylic acids is 2. The smallest absolute Gasteiger partial charge is 0.306 e. The summed E-state index contributed by atoms with van der Waals surface area (Å²) in [6.07, 6.45) is 4.59. The minimum absolute atomic E-state index is 0.0760. The van der Waals surface area contributed by atoms with Crippen molar-refractivity contribution in [2.45, 2.75) is 82.8 Å². The summed E-state index contributed by atoms with van der Waals surface area (Å²) in [6.45, 7) is 5.90. The second kappa shape index (κ2) is 15.7. The van der Waals surface area contributed by atoms with Crippen molar-refractivity contribution in [3.8, 4) is 0 Å². The molecule has 1 aromatic heterocycles. The van der Waals surface area contributed by atoms with Gasteiger partial charge in [0.25, 0.3) is 5.91 Å². The van der Waals surface area contributed by atoms with E-state index in [2.05, 4.69) is 15.1 Å². The monoisotopic (exact) mass is 727 g/mol. The molecule has 51 heavy (non-hydrogen) atoms. The van der Waals surface area contributed by atoms with Crippen LogP contribution in [0, 0.1) is 11.7 Å². The van der Waals surface area contributed by atoms with Gasteiger partial charge < -0.3 is 19.7 Å². The summed E-state index contributed by atoms with van der Waals surface area (Å²) in [7, 11) is 1.84. The number of amides is 1. The number of aliphatic carboxylic acids is 1. The first-order valence-electron chi connectivity index (χ1n) is 18.0. The van der Waals surface area contributed by atoms with Gasteiger partial charge in [-0.1, -0.05) is 29.8 Å². The van der Waals surface area contributed by atoms with E-state index < -0.39 is 36.1 Å². The highest BCUT2D eigenvalue weighted by Crippen LogP contribution is 2.38. The second-order valence-electron chi connectivity index (χ2n) is 14.4. The molecule has 10 nitrogen and oxygen atoms in total. The van der Waals surface area contributed by atoms with Gasteiger partial charge in [-0.05, 0) is 76.1 Å². The van der Waals surface area contributed by atoms with Crippen molar-refractivity contribution in [3.63, 3.8) is 0 Å². The summed E-state index contributed by atoms with van der Waals surface area (Å²) >= 11 is 6.67. The fourth-order valence-corrected chi connectivity index (χ4v) is 8.64. The quantitative estimate of drug-likeness (QED) is 0.230. The number of nitrogens with zero attached hydrogens (tertiary/aromatic N) is 4. The molecular weight excluding hydrogens is 680 g/mol. The number of carbonyl (C=O) groups is 3. The summed E-state index contributed by atoms with van der Waals surface area (Å²) < 4.78 is 38.4. The first kappa shape index (κ1) is 37.3. The number of fused-ring (bicyclic) bond motifs is 1. The molecule has 3 aromatic rings. The van der Waals surface area contributed by atoms with Crippen LogP contribution in [0.25, 0.3) is 10.9 Å². The van der Waals surface area contributed by atoms with Gasteiger partial charge in [0.15, 0.2) is 5.78 Å². The van der Waals surface area contributed by atoms with E-state index in [0.717, 1.165) is 29.8 Å². The molecule has 3 heterocycles. The summed E-state index contributed by atoms with van der Waals surface area (Å²) in [5.41, 5.74) is 1.46. The molecule has 2 aromatic carbocycles. The number of piperazine rings is 1. The molecule has 0 bridgehead atoms. The number of alkyl halides is 1. The zero-order valence-corrected chi connectivity index (χ0v) is 30.3. The number of benzene rings is 2. The van der Waals surface area contributed by atoms with Crippen molar-refractivity contribution < 1.29 is 33.0 Å². The number of para-hydroxylation sites is 1. The first-order chi connectivity index (χ1) is 24.4. The highest BCUT2D eigenvalue weighted by atomic mass is 35.5. The van der Waals surface area contributed by atoms with E-state index in [1.54, 1.807) is 6.20 Å². The Hall–Kier alpha value is -3.42. The summed E-state index contributed by atoms with van der Waals surface area (Å²) in [4.78, 5) is 46.2. The van der Waals surface area contributed by atoms with E-state index in [0.29, 0.717) is 57.4 Å². The van der Waals surface area contributed by atoms with Gasteiger partial charge in [-0.25, -0.2) is 8.78 Å². The van der Waals surface area contributed by atoms with Crippen molar-refractivity contribution in [3.05, 3.63) is 64.6 Å². The number of ketones is 1. The zero-order chi connectivity index (χ0) is 36.4. The van der Waals surface area contributed by atoms with Gasteiger partial charge in [0, 0.05) is 75.4 Å². The zero-order valence-electron chi connectivity index (χ0n) is 29.5. The maximum atomic E-state index is 16.0. The van der Waals surface area contributed by atoms with E-state index in [4.69, 9.17) is 16.3 Å². The predicted octanol–water partition coefficient (Wildman–Crippen LogP) is 6.11. The fourth-order valence-electron chi connectivity index (χ4n) is 8.41. The number of carboxylic acids is 1. The molecule has 2 aliphatic heterocycles. The number of likely N-dealkylation sites (tertiary alicyclic amines) is 1. The molecule has 1 aliphatic carbocycles. The van der Waals surface area contributed by atoms with Gasteiger partial charge in [0.1, 0.15) is 12.5 Å². The molecule has 3 aliphatic rings. The Kier molecular flexibility index (Phi) is 11.5. The normalized spacial score (nSPS) is 24.8. The first-order valence-corrected chi connectivity index (χ1v) is 18.4. The lowest BCUT2D eigenvalue weighted by Gasteiger charge is -2.55. The molecule has 13 heteroatoms. The lowest BCUT2D eigenvalue weighted by molar-refractivity contribution is -0.266. The molecule has 1 amide bonds. The van der Waals surface area contributed by atoms with E-state index in [9.17, 15) is 23.9 Å². The number of hydrogen-bond acceptors (Lipinski definition) is 7. The second-order valence-corrected chi connectivity index (χ2v) is 14.8. The van der Waals surface area contributed by atoms with Gasteiger partial charge in [0.05, 0.1) is 28.3 Å². The summed E-state index contributed by atoms with van der Waals surface area (Å²) in [5, 5.41) is 13.2. The van der Waals surface area contributed by atoms with Crippen LogP contribution in [0.2, 0.25) is 5.02 Å². The van der Waals surface area contributed by atoms with Gasteiger partial charge >= 0.3 is 5.97 Å². The Morgan fingerprint density at radius 1 is 1.02 bits per heavy atom. The number of carboxylic acid groups (broad SMARTS) is 1. The van der Waals surface area contributed by atoms with Crippen molar-refractivity contribution in [1.29, 1.82) is 0 Å². The van der Waals surface area contributed by atoms with E-state index in [1.807, 2.05) is 54.6 Å². The van der Waals surface area contributed by atoms with Crippen molar-refractivity contribution in [2.24, 2.45) is 13.0 Å². The standard InChI is InChI=1S/C38H48ClF2N5O5/c1-24-21-45(22-25(2)46(24)17-14-40)38(44-15-6-7-16-44,51-28-12-10-26(11-13-28)37(49)50)35(47)19-27-18-31(39)33(20-32(27)41)42-36(48)30-23-43(3)34-9-5-4-8-29(30)34/h4-5,8-9,18,20,23-26,28H,6-7,10-17,19,21-22H2,1-3H3,(H,42,48)(H,49,50)/t24-,25-,26?,28?,38?/m0/s1. The molecular formula is C38H48ClF2N5O5. The van der Waals surface area contributed by atoms with Crippen LogP contribution in [0.1, 0.15) is 68.3 Å². The number of Topliss-reactive ketones (excluding diaryl/α,β-unsaturated/α-hetero) is 1. The molecule has 0 spiro atoms. The Morgan fingerprint density at radius 2 is 1.69 bits per heavy atom. The van der Waals surface area contributed by atoms with Crippen LogP contribution in [0.5, 0.6) is 0 Å². The van der Waals surface area contributed by atoms with Crippen molar-refractivity contribution in [2.75, 3.05) is 44.7 Å². The maximum absolute atomic E-state index is 16.0. The Balaban J connectivity index is 1.30. The average molecular weight is 728 g/mol. The predicted molar refractivity (Wildman–Crippen MR) is 192 cm³/mol. The van der Waals surface area contributed by atoms with Crippen LogP contribution in [0.15, 0.2) is 42.6 Å². The number of nitrogens with one attached hydrogen (secondary N) is 1. The molecule has 3 fully saturated rings. The number of ether oxygens (including phenoxy) is 1. The Labute approximate surface area is 302 Å². The van der Waals surface area contributed by atoms with Gasteiger partial charge in [-0.15, -0.1) is 0 Å². The maximum Gasteiger partial charge on any atom is 0.306 e. The van der Waals surface area contributed by atoms with Crippen LogP contribution >= 0.6 is 11.6 Å². The van der Waals surface area contributed by atoms with Gasteiger partial charge in [-0.2, -0.15) is 0 Å². The SMILES string of the molecule is C[C@H]1CN(C(OC2CCC(C(=O)O)CC2)(C(=O)Cc2cc(Cl)c(NC(=O)c3cn(C)c4ccccc34)cc2F)N2CCCC2)C[C@H](C)N1CCF. The minimum Gasteiger partial charge on any atom is -0.481 e. The molecule has 276 valence electrons. The Morgan fingerprint density at radius 3 is 2.33 bits per heavy atom. The lowest BCUT2D eigenvalue weighted by Crippen LogP contribution is -2.73. The van der Waals surface area contributed by atoms with Crippen LogP contribution < -0.4 is 5.32 Å². The molecule has 1 saturated carbocycles. The fraction of sp³-hybridized carbons (Fsp3) is 0.553. The number of anilines is 1. The van der Waals surface area contributed by atoms with Crippen molar-refractivity contribution >= 4 is 45.9 Å². The van der Waals surface area contributed by atoms with Crippen LogP contribution in [-0.4, -0.2) is 105 Å². The number of hydrogen-bond donors (Lipinski definition) is 2. The molecule has 1 unspecified atom stereocenters. The van der Waals surface area contributed by atoms with E-state index in [-0.39, 0.29) is 53.2 Å². The summed E-state index contributed by atoms with van der Waals surface area (Å²) in [5.74, 6) is -4.29. The van der Waals surface area contributed by atoms with Crippen LogP contribution in [0.3, 0.4) is 0 Å². The van der Waals surface area contributed by atoms with Crippen molar-refractivity contribution in [1.82, 2.24) is 19.3 Å². The molecule has 2 saturated heterocycles. The highest BCUT2D eigenvalue weighted by Gasteiger charge is 2.54. The average Bonchev–Trinajstić information content (AvgIpc) is 3.76. The third-order valence-corrected chi connectivity index (χ3v) is 11.3. The molecule has 3 atom stereocenters. The summed E-state index contributed by atoms with van der Waals surface area (Å²) in [6, 6.07) is 9.86. The number of aromatic nitrogens is 1. The van der Waals surface area contributed by atoms with Crippen LogP contribution in [-0.2, 0) is 27.8 Å². The molecule has 0 radical (unpaired) electrons. The third kappa shape index (κ3) is 7.57. The molecule has 2 N–H and O–H groups in total. The van der Waals surface area contributed by atoms with E-state index >= 15 is 4.39 Å². The number of halogens is 3. The highest BCUT2D eigenvalue weighted by molar-refractivity contribution is 6.34. The minimum atomic E-state index is -1.54. The van der Waals surface area contributed by atoms with Crippen LogP contribution in [0.4, 0.5) is 14.5 Å².